The molecule has 0 spiro atoms. The lowest BCUT2D eigenvalue weighted by Crippen LogP contribution is -2.33. The summed E-state index contributed by atoms with van der Waals surface area (Å²) in [7, 11) is 1.66. The first-order valence-corrected chi connectivity index (χ1v) is 6.07. The highest BCUT2D eigenvalue weighted by Gasteiger charge is 2.10. The molecule has 0 radical (unpaired) electrons. The Morgan fingerprint density at radius 1 is 1.44 bits per heavy atom. The fourth-order valence-electron chi connectivity index (χ4n) is 1.87. The van der Waals surface area contributed by atoms with E-state index < -0.39 is 0 Å². The van der Waals surface area contributed by atoms with E-state index in [1.54, 1.807) is 7.11 Å². The molecule has 2 aromatic rings. The van der Waals surface area contributed by atoms with Crippen LogP contribution in [-0.4, -0.2) is 30.6 Å². The Bertz CT molecular complexity index is 533. The third kappa shape index (κ3) is 2.90. The number of hydrogen-bond donors (Lipinski definition) is 2. The third-order valence-corrected chi connectivity index (χ3v) is 2.95. The molecule has 2 rings (SSSR count). The van der Waals surface area contributed by atoms with Crippen molar-refractivity contribution in [2.75, 3.05) is 13.7 Å². The van der Waals surface area contributed by atoms with E-state index in [1.165, 1.54) is 0 Å². The van der Waals surface area contributed by atoms with E-state index in [-0.39, 0.29) is 11.9 Å². The van der Waals surface area contributed by atoms with E-state index in [0.717, 1.165) is 17.3 Å². The van der Waals surface area contributed by atoms with E-state index in [9.17, 15) is 4.79 Å². The molecule has 1 aromatic heterocycles. The number of H-pyrrole nitrogens is 1. The standard InChI is InChI=1S/C14H18N2O2/c1-10(6-8-18-2)16-14(17)12-3-4-13-11(9-12)5-7-15-13/h3-5,7,9-10,15H,6,8H2,1-2H3,(H,16,17). The number of fused-ring (bicyclic) bond motifs is 1. The SMILES string of the molecule is COCCC(C)NC(=O)c1ccc2[nH]ccc2c1. The fraction of sp³-hybridized carbons (Fsp3) is 0.357. The largest absolute Gasteiger partial charge is 0.385 e. The molecule has 0 saturated heterocycles. The van der Waals surface area contributed by atoms with Crippen LogP contribution in [0, 0.1) is 0 Å². The van der Waals surface area contributed by atoms with Gasteiger partial charge in [0.2, 0.25) is 0 Å². The normalized spacial score (nSPS) is 12.6. The first-order chi connectivity index (χ1) is 8.70. The minimum absolute atomic E-state index is 0.0401. The number of aromatic amines is 1. The number of carbonyl (C=O) groups excluding carboxylic acids is 1. The maximum absolute atomic E-state index is 12.0. The van der Waals surface area contributed by atoms with Crippen LogP contribution in [0.25, 0.3) is 10.9 Å². The first-order valence-electron chi connectivity index (χ1n) is 6.07. The molecule has 1 atom stereocenters. The molecule has 18 heavy (non-hydrogen) atoms. The van der Waals surface area contributed by atoms with Crippen LogP contribution in [-0.2, 0) is 4.74 Å². The second-order valence-corrected chi connectivity index (χ2v) is 4.44. The highest BCUT2D eigenvalue weighted by Crippen LogP contribution is 2.14. The van der Waals surface area contributed by atoms with Gasteiger partial charge in [-0.25, -0.2) is 0 Å². The zero-order chi connectivity index (χ0) is 13.0. The Morgan fingerprint density at radius 3 is 3.06 bits per heavy atom. The molecule has 4 nitrogen and oxygen atoms in total. The summed E-state index contributed by atoms with van der Waals surface area (Å²) in [5, 5.41) is 4.01. The molecule has 0 bridgehead atoms. The number of methoxy groups -OCH3 is 1. The van der Waals surface area contributed by atoms with E-state index >= 15 is 0 Å². The summed E-state index contributed by atoms with van der Waals surface area (Å²) in [6.45, 7) is 2.63. The number of aromatic nitrogens is 1. The molecule has 96 valence electrons. The van der Waals surface area contributed by atoms with Gasteiger partial charge in [-0.3, -0.25) is 4.79 Å². The van der Waals surface area contributed by atoms with Gasteiger partial charge in [-0.05, 0) is 37.6 Å². The summed E-state index contributed by atoms with van der Waals surface area (Å²) in [6, 6.07) is 7.71. The zero-order valence-electron chi connectivity index (χ0n) is 10.7. The summed E-state index contributed by atoms with van der Waals surface area (Å²) in [5.41, 5.74) is 1.73. The second-order valence-electron chi connectivity index (χ2n) is 4.44. The molecule has 0 aliphatic carbocycles. The Balaban J connectivity index is 2.03. The topological polar surface area (TPSA) is 54.1 Å². The Hall–Kier alpha value is -1.81. The van der Waals surface area contributed by atoms with Gasteiger partial charge in [0, 0.05) is 42.4 Å². The molecule has 0 fully saturated rings. The lowest BCUT2D eigenvalue weighted by Gasteiger charge is -2.13. The van der Waals surface area contributed by atoms with Crippen LogP contribution < -0.4 is 5.32 Å². The van der Waals surface area contributed by atoms with Crippen molar-refractivity contribution in [2.45, 2.75) is 19.4 Å². The predicted molar refractivity (Wildman–Crippen MR) is 71.7 cm³/mol. The van der Waals surface area contributed by atoms with Crippen LogP contribution in [0.3, 0.4) is 0 Å². The minimum Gasteiger partial charge on any atom is -0.385 e. The monoisotopic (exact) mass is 246 g/mol. The molecule has 1 aromatic carbocycles. The molecule has 0 aliphatic rings. The molecule has 1 amide bonds. The number of carbonyl (C=O) groups is 1. The number of nitrogens with one attached hydrogen (secondary N) is 2. The van der Waals surface area contributed by atoms with Gasteiger partial charge in [-0.2, -0.15) is 0 Å². The van der Waals surface area contributed by atoms with Crippen LogP contribution in [0.5, 0.6) is 0 Å². The van der Waals surface area contributed by atoms with Gasteiger partial charge < -0.3 is 15.0 Å². The lowest BCUT2D eigenvalue weighted by atomic mass is 10.1. The van der Waals surface area contributed by atoms with Crippen LogP contribution >= 0.6 is 0 Å². The van der Waals surface area contributed by atoms with Gasteiger partial charge in [0.15, 0.2) is 0 Å². The molecule has 0 aliphatic heterocycles. The highest BCUT2D eigenvalue weighted by molar-refractivity contribution is 5.98. The van der Waals surface area contributed by atoms with Crippen molar-refractivity contribution < 1.29 is 9.53 Å². The summed E-state index contributed by atoms with van der Waals surface area (Å²) < 4.78 is 4.99. The van der Waals surface area contributed by atoms with Gasteiger partial charge in [0.25, 0.3) is 5.91 Å². The lowest BCUT2D eigenvalue weighted by molar-refractivity contribution is 0.0929. The van der Waals surface area contributed by atoms with Gasteiger partial charge in [-0.1, -0.05) is 0 Å². The Labute approximate surface area is 106 Å². The average molecular weight is 246 g/mol. The smallest absolute Gasteiger partial charge is 0.251 e. The first kappa shape index (κ1) is 12.6. The van der Waals surface area contributed by atoms with E-state index in [4.69, 9.17) is 4.74 Å². The molecule has 1 unspecified atom stereocenters. The van der Waals surface area contributed by atoms with Gasteiger partial charge in [0.05, 0.1) is 0 Å². The summed E-state index contributed by atoms with van der Waals surface area (Å²) in [6.07, 6.45) is 2.68. The molecular weight excluding hydrogens is 228 g/mol. The maximum atomic E-state index is 12.0. The summed E-state index contributed by atoms with van der Waals surface area (Å²) in [5.74, 6) is -0.0401. The van der Waals surface area contributed by atoms with E-state index in [1.807, 2.05) is 37.4 Å². The third-order valence-electron chi connectivity index (χ3n) is 2.95. The molecule has 2 N–H and O–H groups in total. The predicted octanol–water partition coefficient (Wildman–Crippen LogP) is 2.32. The van der Waals surface area contributed by atoms with Crippen LogP contribution in [0.2, 0.25) is 0 Å². The summed E-state index contributed by atoms with van der Waals surface area (Å²) >= 11 is 0. The Morgan fingerprint density at radius 2 is 2.28 bits per heavy atom. The molecular formula is C14H18N2O2. The second kappa shape index (κ2) is 5.69. The maximum Gasteiger partial charge on any atom is 0.251 e. The van der Waals surface area contributed by atoms with Crippen molar-refractivity contribution in [1.29, 1.82) is 0 Å². The van der Waals surface area contributed by atoms with Gasteiger partial charge >= 0.3 is 0 Å². The van der Waals surface area contributed by atoms with Gasteiger partial charge in [-0.15, -0.1) is 0 Å². The van der Waals surface area contributed by atoms with E-state index in [2.05, 4.69) is 10.3 Å². The molecule has 0 saturated carbocycles. The van der Waals surface area contributed by atoms with Crippen molar-refractivity contribution in [2.24, 2.45) is 0 Å². The number of amides is 1. The fourth-order valence-corrected chi connectivity index (χ4v) is 1.87. The number of ether oxygens (including phenoxy) is 1. The zero-order valence-corrected chi connectivity index (χ0v) is 10.7. The molecule has 4 heteroatoms. The Kier molecular flexibility index (Phi) is 3.99. The van der Waals surface area contributed by atoms with Crippen LogP contribution in [0.4, 0.5) is 0 Å². The van der Waals surface area contributed by atoms with Gasteiger partial charge in [0.1, 0.15) is 0 Å². The number of rotatable bonds is 5. The van der Waals surface area contributed by atoms with E-state index in [0.29, 0.717) is 12.2 Å². The number of benzene rings is 1. The van der Waals surface area contributed by atoms with Crippen molar-refractivity contribution in [1.82, 2.24) is 10.3 Å². The minimum atomic E-state index is -0.0401. The molecule has 1 heterocycles. The average Bonchev–Trinajstić information content (AvgIpc) is 2.83. The highest BCUT2D eigenvalue weighted by atomic mass is 16.5. The summed E-state index contributed by atoms with van der Waals surface area (Å²) in [4.78, 5) is 15.1. The van der Waals surface area contributed by atoms with Crippen molar-refractivity contribution in [3.8, 4) is 0 Å². The van der Waals surface area contributed by atoms with Crippen LogP contribution in [0.15, 0.2) is 30.5 Å². The van der Waals surface area contributed by atoms with Crippen molar-refractivity contribution >= 4 is 16.8 Å². The number of hydrogen-bond acceptors (Lipinski definition) is 2. The quantitative estimate of drug-likeness (QED) is 0.850. The van der Waals surface area contributed by atoms with Crippen molar-refractivity contribution in [3.63, 3.8) is 0 Å². The van der Waals surface area contributed by atoms with Crippen LogP contribution in [0.1, 0.15) is 23.7 Å². The van der Waals surface area contributed by atoms with Crippen molar-refractivity contribution in [3.05, 3.63) is 36.0 Å².